The van der Waals surface area contributed by atoms with Crippen molar-refractivity contribution in [1.82, 2.24) is 0 Å². The number of rotatable bonds is 0. The van der Waals surface area contributed by atoms with E-state index >= 15 is 0 Å². The molecule has 2 unspecified atom stereocenters. The summed E-state index contributed by atoms with van der Waals surface area (Å²) in [5.74, 6) is 1.33. The monoisotopic (exact) mass is 184 g/mol. The second-order valence-electron chi connectivity index (χ2n) is 5.25. The van der Waals surface area contributed by atoms with E-state index in [1.54, 1.807) is 11.1 Å². The second-order valence-corrected chi connectivity index (χ2v) is 5.25. The molecule has 0 heterocycles. The first-order chi connectivity index (χ1) is 6.68. The van der Waals surface area contributed by atoms with E-state index in [1.165, 1.54) is 6.42 Å². The van der Waals surface area contributed by atoms with Crippen LogP contribution in [0.25, 0.3) is 0 Å². The highest BCUT2D eigenvalue weighted by atomic mass is 14.5. The van der Waals surface area contributed by atoms with Crippen LogP contribution in [0.2, 0.25) is 0 Å². The van der Waals surface area contributed by atoms with Crippen molar-refractivity contribution < 1.29 is 0 Å². The molecule has 0 nitrogen and oxygen atoms in total. The van der Waals surface area contributed by atoms with E-state index in [0.717, 1.165) is 0 Å². The maximum absolute atomic E-state index is 2.37. The van der Waals surface area contributed by atoms with Gasteiger partial charge < -0.3 is 0 Å². The summed E-state index contributed by atoms with van der Waals surface area (Å²) >= 11 is 0. The van der Waals surface area contributed by atoms with Crippen LogP contribution in [0.15, 0.2) is 47.6 Å². The summed E-state index contributed by atoms with van der Waals surface area (Å²) in [6.07, 6.45) is 15.0. The molecular weight excluding hydrogens is 168 g/mol. The van der Waals surface area contributed by atoms with Crippen LogP contribution < -0.4 is 0 Å². The van der Waals surface area contributed by atoms with Crippen molar-refractivity contribution in [2.45, 2.75) is 20.3 Å². The summed E-state index contributed by atoms with van der Waals surface area (Å²) in [5.41, 5.74) is 3.66. The summed E-state index contributed by atoms with van der Waals surface area (Å²) < 4.78 is 0. The maximum atomic E-state index is 2.37. The van der Waals surface area contributed by atoms with Gasteiger partial charge >= 0.3 is 0 Å². The SMILES string of the molecule is CC1(C)CC2=CC=CC3C=CC=C1C23. The minimum Gasteiger partial charge on any atom is -0.0767 e. The zero-order valence-corrected chi connectivity index (χ0v) is 8.83. The van der Waals surface area contributed by atoms with Gasteiger partial charge in [0, 0.05) is 11.8 Å². The molecule has 1 saturated carbocycles. The summed E-state index contributed by atoms with van der Waals surface area (Å²) in [7, 11) is 0. The lowest BCUT2D eigenvalue weighted by atomic mass is 9.75. The minimum atomic E-state index is 0.380. The van der Waals surface area contributed by atoms with Gasteiger partial charge in [0.15, 0.2) is 0 Å². The van der Waals surface area contributed by atoms with Crippen molar-refractivity contribution in [2.75, 3.05) is 0 Å². The molecule has 0 aromatic rings. The smallest absolute Gasteiger partial charge is 0.0117 e. The van der Waals surface area contributed by atoms with E-state index in [-0.39, 0.29) is 0 Å². The van der Waals surface area contributed by atoms with Crippen molar-refractivity contribution >= 4 is 0 Å². The molecule has 0 N–H and O–H groups in total. The molecule has 14 heavy (non-hydrogen) atoms. The van der Waals surface area contributed by atoms with Crippen molar-refractivity contribution in [3.05, 3.63) is 47.6 Å². The Hall–Kier alpha value is -1.04. The molecule has 3 aliphatic carbocycles. The lowest BCUT2D eigenvalue weighted by molar-refractivity contribution is 0.462. The largest absolute Gasteiger partial charge is 0.0767 e. The van der Waals surface area contributed by atoms with Crippen molar-refractivity contribution in [2.24, 2.45) is 17.3 Å². The Morgan fingerprint density at radius 2 is 1.86 bits per heavy atom. The molecule has 0 spiro atoms. The van der Waals surface area contributed by atoms with Gasteiger partial charge in [-0.1, -0.05) is 61.4 Å². The highest BCUT2D eigenvalue weighted by Crippen LogP contribution is 2.54. The molecular formula is C14H16. The summed E-state index contributed by atoms with van der Waals surface area (Å²) in [6.45, 7) is 4.74. The standard InChI is InChI=1S/C14H16/c1-14(2)9-11-7-3-5-10-6-4-8-12(14)13(10)11/h3-8,10,13H,9H2,1-2H3. The third kappa shape index (κ3) is 0.943. The van der Waals surface area contributed by atoms with Gasteiger partial charge in [0.05, 0.1) is 0 Å². The van der Waals surface area contributed by atoms with Crippen LogP contribution in [0.4, 0.5) is 0 Å². The van der Waals surface area contributed by atoms with Crippen LogP contribution in [0.5, 0.6) is 0 Å². The van der Waals surface area contributed by atoms with Crippen LogP contribution >= 0.6 is 0 Å². The molecule has 0 heteroatoms. The molecule has 1 fully saturated rings. The topological polar surface area (TPSA) is 0 Å². The predicted molar refractivity (Wildman–Crippen MR) is 59.8 cm³/mol. The molecule has 0 aromatic carbocycles. The van der Waals surface area contributed by atoms with Crippen LogP contribution in [-0.2, 0) is 0 Å². The van der Waals surface area contributed by atoms with E-state index < -0.39 is 0 Å². The van der Waals surface area contributed by atoms with Crippen molar-refractivity contribution in [3.63, 3.8) is 0 Å². The van der Waals surface area contributed by atoms with Gasteiger partial charge in [0.25, 0.3) is 0 Å². The van der Waals surface area contributed by atoms with E-state index in [2.05, 4.69) is 50.3 Å². The van der Waals surface area contributed by atoms with Crippen LogP contribution in [0, 0.1) is 17.3 Å². The Bertz CT molecular complexity index is 388. The summed E-state index contributed by atoms with van der Waals surface area (Å²) in [6, 6.07) is 0. The first-order valence-corrected chi connectivity index (χ1v) is 5.45. The molecule has 0 aromatic heterocycles. The van der Waals surface area contributed by atoms with Gasteiger partial charge in [-0.3, -0.25) is 0 Å². The number of allylic oxidation sites excluding steroid dienone is 8. The van der Waals surface area contributed by atoms with Crippen LogP contribution in [0.3, 0.4) is 0 Å². The normalized spacial score (nSPS) is 36.4. The number of hydrogen-bond acceptors (Lipinski definition) is 0. The molecule has 0 aliphatic heterocycles. The fourth-order valence-corrected chi connectivity index (χ4v) is 3.17. The lowest BCUT2D eigenvalue weighted by Gasteiger charge is -2.29. The fourth-order valence-electron chi connectivity index (χ4n) is 3.17. The van der Waals surface area contributed by atoms with E-state index in [0.29, 0.717) is 17.3 Å². The predicted octanol–water partition coefficient (Wildman–Crippen LogP) is 3.64. The summed E-state index contributed by atoms with van der Waals surface area (Å²) in [4.78, 5) is 0. The first kappa shape index (κ1) is 8.28. The molecule has 3 rings (SSSR count). The van der Waals surface area contributed by atoms with Crippen LogP contribution in [0.1, 0.15) is 20.3 Å². The van der Waals surface area contributed by atoms with Gasteiger partial charge in [-0.05, 0) is 11.8 Å². The zero-order valence-electron chi connectivity index (χ0n) is 8.83. The third-order valence-electron chi connectivity index (χ3n) is 3.80. The molecule has 0 amide bonds. The molecule has 0 saturated heterocycles. The van der Waals surface area contributed by atoms with Gasteiger partial charge in [0.2, 0.25) is 0 Å². The number of hydrogen-bond donors (Lipinski definition) is 0. The molecule has 3 aliphatic rings. The average molecular weight is 184 g/mol. The minimum absolute atomic E-state index is 0.380. The van der Waals surface area contributed by atoms with Crippen molar-refractivity contribution in [1.29, 1.82) is 0 Å². The summed E-state index contributed by atoms with van der Waals surface area (Å²) in [5, 5.41) is 0. The van der Waals surface area contributed by atoms with E-state index in [4.69, 9.17) is 0 Å². The van der Waals surface area contributed by atoms with Crippen LogP contribution in [-0.4, -0.2) is 0 Å². The van der Waals surface area contributed by atoms with Gasteiger partial charge in [-0.15, -0.1) is 0 Å². The highest BCUT2D eigenvalue weighted by molar-refractivity contribution is 5.46. The maximum Gasteiger partial charge on any atom is 0.0117 e. The quantitative estimate of drug-likeness (QED) is 0.539. The Kier molecular flexibility index (Phi) is 1.48. The first-order valence-electron chi connectivity index (χ1n) is 5.45. The van der Waals surface area contributed by atoms with E-state index in [9.17, 15) is 0 Å². The average Bonchev–Trinajstić information content (AvgIpc) is 2.41. The Labute approximate surface area is 85.7 Å². The molecule has 0 radical (unpaired) electrons. The third-order valence-corrected chi connectivity index (χ3v) is 3.80. The Balaban J connectivity index is 2.16. The highest BCUT2D eigenvalue weighted by Gasteiger charge is 2.43. The Morgan fingerprint density at radius 3 is 2.64 bits per heavy atom. The van der Waals surface area contributed by atoms with E-state index in [1.807, 2.05) is 0 Å². The Morgan fingerprint density at radius 1 is 1.14 bits per heavy atom. The molecule has 0 bridgehead atoms. The van der Waals surface area contributed by atoms with Gasteiger partial charge in [-0.2, -0.15) is 0 Å². The second kappa shape index (κ2) is 2.50. The van der Waals surface area contributed by atoms with Gasteiger partial charge in [-0.25, -0.2) is 0 Å². The fraction of sp³-hybridized carbons (Fsp3) is 0.429. The lowest BCUT2D eigenvalue weighted by Crippen LogP contribution is -2.18. The van der Waals surface area contributed by atoms with Crippen molar-refractivity contribution in [3.8, 4) is 0 Å². The molecule has 72 valence electrons. The zero-order chi connectivity index (χ0) is 9.76. The molecule has 2 atom stereocenters. The van der Waals surface area contributed by atoms with Gasteiger partial charge in [0.1, 0.15) is 0 Å².